The molecule has 5 heteroatoms. The Balaban J connectivity index is 1.11. The Labute approximate surface area is 180 Å². The molecule has 4 nitrogen and oxygen atoms in total. The molecule has 160 valence electrons. The van der Waals surface area contributed by atoms with Gasteiger partial charge in [-0.25, -0.2) is 0 Å². The van der Waals surface area contributed by atoms with Crippen LogP contribution in [0.5, 0.6) is 0 Å². The Kier molecular flexibility index (Phi) is 7.92. The van der Waals surface area contributed by atoms with Gasteiger partial charge in [0.1, 0.15) is 0 Å². The van der Waals surface area contributed by atoms with Gasteiger partial charge in [0.2, 0.25) is 5.91 Å². The number of thioether (sulfide) groups is 1. The number of carbonyl (C=O) groups is 1. The monoisotopic (exact) mass is 415 g/mol. The Morgan fingerprint density at radius 1 is 1.00 bits per heavy atom. The van der Waals surface area contributed by atoms with Crippen LogP contribution in [0.2, 0.25) is 0 Å². The molecular formula is C24H37N3OS. The smallest absolute Gasteiger partial charge is 0.223 e. The van der Waals surface area contributed by atoms with Gasteiger partial charge in [-0.2, -0.15) is 11.8 Å². The van der Waals surface area contributed by atoms with E-state index in [9.17, 15) is 4.79 Å². The van der Waals surface area contributed by atoms with Crippen LogP contribution in [-0.2, 0) is 11.2 Å². The number of hydrogen-bond donors (Lipinski definition) is 1. The lowest BCUT2D eigenvalue weighted by Gasteiger charge is -2.41. The van der Waals surface area contributed by atoms with Crippen LogP contribution in [0, 0.1) is 5.92 Å². The Bertz CT molecular complexity index is 618. The number of rotatable bonds is 7. The van der Waals surface area contributed by atoms with Gasteiger partial charge in [-0.1, -0.05) is 30.3 Å². The zero-order valence-corrected chi connectivity index (χ0v) is 18.5. The van der Waals surface area contributed by atoms with E-state index < -0.39 is 0 Å². The molecule has 3 saturated heterocycles. The van der Waals surface area contributed by atoms with Gasteiger partial charge in [-0.15, -0.1) is 0 Å². The predicted octanol–water partition coefficient (Wildman–Crippen LogP) is 3.42. The maximum Gasteiger partial charge on any atom is 0.223 e. The molecule has 4 rings (SSSR count). The molecule has 0 saturated carbocycles. The van der Waals surface area contributed by atoms with Crippen LogP contribution in [0.25, 0.3) is 0 Å². The van der Waals surface area contributed by atoms with E-state index in [2.05, 4.69) is 45.4 Å². The molecule has 3 aliphatic heterocycles. The Morgan fingerprint density at radius 2 is 1.76 bits per heavy atom. The molecule has 1 aromatic carbocycles. The lowest BCUT2D eigenvalue weighted by atomic mass is 9.92. The van der Waals surface area contributed by atoms with Crippen molar-refractivity contribution in [2.75, 3.05) is 44.2 Å². The summed E-state index contributed by atoms with van der Waals surface area (Å²) >= 11 is 1.97. The van der Waals surface area contributed by atoms with Crippen molar-refractivity contribution < 1.29 is 4.79 Å². The minimum Gasteiger partial charge on any atom is -0.352 e. The SMILES string of the molecule is O=C(NC1CCSC1)C1CCN(C2CCN(CCCc3ccccc3)CC2)CC1. The highest BCUT2D eigenvalue weighted by Gasteiger charge is 2.31. The molecule has 0 aliphatic carbocycles. The summed E-state index contributed by atoms with van der Waals surface area (Å²) in [7, 11) is 0. The molecule has 1 aromatic rings. The van der Waals surface area contributed by atoms with Gasteiger partial charge in [0, 0.05) is 23.8 Å². The summed E-state index contributed by atoms with van der Waals surface area (Å²) < 4.78 is 0. The van der Waals surface area contributed by atoms with Crippen molar-refractivity contribution in [2.24, 2.45) is 5.92 Å². The molecule has 0 radical (unpaired) electrons. The molecule has 1 atom stereocenters. The number of nitrogens with one attached hydrogen (secondary N) is 1. The highest BCUT2D eigenvalue weighted by molar-refractivity contribution is 7.99. The van der Waals surface area contributed by atoms with Crippen LogP contribution in [0.4, 0.5) is 0 Å². The first-order valence-electron chi connectivity index (χ1n) is 11.7. The first-order chi connectivity index (χ1) is 14.3. The summed E-state index contributed by atoms with van der Waals surface area (Å²) in [6, 6.07) is 12.0. The predicted molar refractivity (Wildman–Crippen MR) is 122 cm³/mol. The van der Waals surface area contributed by atoms with Crippen molar-refractivity contribution in [1.29, 1.82) is 0 Å². The van der Waals surface area contributed by atoms with Gasteiger partial charge >= 0.3 is 0 Å². The molecule has 29 heavy (non-hydrogen) atoms. The van der Waals surface area contributed by atoms with E-state index in [1.807, 2.05) is 11.8 Å². The minimum absolute atomic E-state index is 0.245. The zero-order chi connectivity index (χ0) is 19.9. The summed E-state index contributed by atoms with van der Waals surface area (Å²) in [6.45, 7) is 5.91. The van der Waals surface area contributed by atoms with E-state index in [0.717, 1.165) is 44.1 Å². The van der Waals surface area contributed by atoms with Crippen LogP contribution in [0.15, 0.2) is 30.3 Å². The quantitative estimate of drug-likeness (QED) is 0.740. The van der Waals surface area contributed by atoms with E-state index in [1.54, 1.807) is 0 Å². The standard InChI is InChI=1S/C24H37N3OS/c28-24(25-22-12-18-29-19-22)21-8-16-27(17-9-21)23-10-14-26(15-11-23)13-4-7-20-5-2-1-3-6-20/h1-3,5-6,21-23H,4,7-19H2,(H,25,28). The van der Waals surface area contributed by atoms with Crippen LogP contribution in [0.3, 0.4) is 0 Å². The average Bonchev–Trinajstić information content (AvgIpc) is 3.28. The van der Waals surface area contributed by atoms with Gasteiger partial charge in [0.05, 0.1) is 0 Å². The Hall–Kier alpha value is -1.04. The van der Waals surface area contributed by atoms with Crippen LogP contribution >= 0.6 is 11.8 Å². The van der Waals surface area contributed by atoms with Gasteiger partial charge in [0.15, 0.2) is 0 Å². The number of benzene rings is 1. The lowest BCUT2D eigenvalue weighted by Crippen LogP contribution is -2.50. The van der Waals surface area contributed by atoms with E-state index in [0.29, 0.717) is 11.9 Å². The fraction of sp³-hybridized carbons (Fsp3) is 0.708. The van der Waals surface area contributed by atoms with E-state index in [4.69, 9.17) is 0 Å². The van der Waals surface area contributed by atoms with Gasteiger partial charge in [-0.05, 0) is 89.0 Å². The topological polar surface area (TPSA) is 35.6 Å². The number of hydrogen-bond acceptors (Lipinski definition) is 4. The van der Waals surface area contributed by atoms with Gasteiger partial charge in [-0.3, -0.25) is 4.79 Å². The van der Waals surface area contributed by atoms with Crippen LogP contribution < -0.4 is 5.32 Å². The highest BCUT2D eigenvalue weighted by Crippen LogP contribution is 2.25. The maximum atomic E-state index is 12.5. The molecule has 0 aromatic heterocycles. The van der Waals surface area contributed by atoms with Gasteiger partial charge < -0.3 is 15.1 Å². The number of piperidine rings is 2. The highest BCUT2D eigenvalue weighted by atomic mass is 32.2. The molecule has 1 N–H and O–H groups in total. The Morgan fingerprint density at radius 3 is 2.45 bits per heavy atom. The zero-order valence-electron chi connectivity index (χ0n) is 17.7. The second-order valence-electron chi connectivity index (χ2n) is 9.04. The first kappa shape index (κ1) is 21.2. The second kappa shape index (κ2) is 10.8. The summed E-state index contributed by atoms with van der Waals surface area (Å²) in [5, 5.41) is 3.30. The van der Waals surface area contributed by atoms with Crippen molar-refractivity contribution in [2.45, 2.75) is 57.0 Å². The van der Waals surface area contributed by atoms with Crippen LogP contribution in [-0.4, -0.2) is 72.0 Å². The summed E-state index contributed by atoms with van der Waals surface area (Å²) in [4.78, 5) is 17.9. The third-order valence-electron chi connectivity index (χ3n) is 7.03. The molecular weight excluding hydrogens is 378 g/mol. The number of amides is 1. The molecule has 0 spiro atoms. The number of nitrogens with zero attached hydrogens (tertiary/aromatic N) is 2. The van der Waals surface area contributed by atoms with E-state index >= 15 is 0 Å². The number of aryl methyl sites for hydroxylation is 1. The van der Waals surface area contributed by atoms with E-state index in [-0.39, 0.29) is 5.92 Å². The van der Waals surface area contributed by atoms with Crippen molar-refractivity contribution in [1.82, 2.24) is 15.1 Å². The molecule has 3 heterocycles. The number of carbonyl (C=O) groups excluding carboxylic acids is 1. The second-order valence-corrected chi connectivity index (χ2v) is 10.2. The largest absolute Gasteiger partial charge is 0.352 e. The molecule has 0 bridgehead atoms. The fourth-order valence-corrected chi connectivity index (χ4v) is 6.31. The third kappa shape index (κ3) is 6.22. The normalized spacial score (nSPS) is 25.3. The lowest BCUT2D eigenvalue weighted by molar-refractivity contribution is -0.127. The van der Waals surface area contributed by atoms with Crippen LogP contribution in [0.1, 0.15) is 44.1 Å². The fourth-order valence-electron chi connectivity index (χ4n) is 5.15. The third-order valence-corrected chi connectivity index (χ3v) is 8.19. The molecule has 1 unspecified atom stereocenters. The maximum absolute atomic E-state index is 12.5. The average molecular weight is 416 g/mol. The first-order valence-corrected chi connectivity index (χ1v) is 12.8. The molecule has 3 fully saturated rings. The summed E-state index contributed by atoms with van der Waals surface area (Å²) in [5.74, 6) is 2.88. The summed E-state index contributed by atoms with van der Waals surface area (Å²) in [5.41, 5.74) is 1.46. The number of likely N-dealkylation sites (tertiary alicyclic amines) is 2. The summed E-state index contributed by atoms with van der Waals surface area (Å²) in [6.07, 6.45) is 8.28. The van der Waals surface area contributed by atoms with E-state index in [1.165, 1.54) is 56.6 Å². The van der Waals surface area contributed by atoms with Crippen molar-refractivity contribution in [3.63, 3.8) is 0 Å². The minimum atomic E-state index is 0.245. The molecule has 3 aliphatic rings. The molecule has 1 amide bonds. The van der Waals surface area contributed by atoms with Crippen molar-refractivity contribution in [3.05, 3.63) is 35.9 Å². The van der Waals surface area contributed by atoms with Crippen molar-refractivity contribution >= 4 is 17.7 Å². The van der Waals surface area contributed by atoms with Crippen molar-refractivity contribution in [3.8, 4) is 0 Å². The van der Waals surface area contributed by atoms with Gasteiger partial charge in [0.25, 0.3) is 0 Å².